The minimum Gasteiger partial charge on any atom is -0.396 e. The number of hydrogen-bond acceptors (Lipinski definition) is 3. The van der Waals surface area contributed by atoms with Crippen molar-refractivity contribution in [3.8, 4) is 0 Å². The first-order valence-corrected chi connectivity index (χ1v) is 8.43. The fourth-order valence-corrected chi connectivity index (χ4v) is 3.68. The number of nitrogens with one attached hydrogen (secondary N) is 1. The maximum Gasteiger partial charge on any atom is 0.0431 e. The van der Waals surface area contributed by atoms with Gasteiger partial charge in [0.05, 0.1) is 0 Å². The van der Waals surface area contributed by atoms with Crippen LogP contribution in [0, 0.1) is 11.8 Å². The molecule has 2 atom stereocenters. The van der Waals surface area contributed by atoms with E-state index in [4.69, 9.17) is 5.11 Å². The van der Waals surface area contributed by atoms with Crippen LogP contribution in [0.25, 0.3) is 0 Å². The van der Waals surface area contributed by atoms with Crippen LogP contribution in [0.1, 0.15) is 51.4 Å². The largest absolute Gasteiger partial charge is 0.396 e. The maximum atomic E-state index is 9.05. The molecule has 0 bridgehead atoms. The molecule has 0 radical (unpaired) electrons. The van der Waals surface area contributed by atoms with Crippen molar-refractivity contribution >= 4 is 0 Å². The fraction of sp³-hybridized carbons (Fsp3) is 1.00. The maximum absolute atomic E-state index is 9.05. The molecule has 2 saturated carbocycles. The minimum absolute atomic E-state index is 0.361. The Labute approximate surface area is 117 Å². The predicted octanol–water partition coefficient (Wildman–Crippen LogP) is 2.00. The molecule has 3 aliphatic rings. The summed E-state index contributed by atoms with van der Waals surface area (Å²) in [6.45, 7) is 4.16. The van der Waals surface area contributed by atoms with E-state index in [0.717, 1.165) is 24.3 Å². The third-order valence-corrected chi connectivity index (χ3v) is 5.32. The van der Waals surface area contributed by atoms with Gasteiger partial charge in [0, 0.05) is 31.8 Å². The van der Waals surface area contributed by atoms with Crippen LogP contribution in [0.5, 0.6) is 0 Å². The Morgan fingerprint density at radius 2 is 1.89 bits per heavy atom. The van der Waals surface area contributed by atoms with Crippen LogP contribution < -0.4 is 5.32 Å². The number of piperidine rings is 1. The smallest absolute Gasteiger partial charge is 0.0431 e. The summed E-state index contributed by atoms with van der Waals surface area (Å²) in [6.07, 6.45) is 10.7. The first-order valence-electron chi connectivity index (χ1n) is 8.43. The summed E-state index contributed by atoms with van der Waals surface area (Å²) in [5.74, 6) is 1.79. The Balaban J connectivity index is 1.49. The molecule has 3 nitrogen and oxygen atoms in total. The van der Waals surface area contributed by atoms with Crippen molar-refractivity contribution in [1.82, 2.24) is 10.2 Å². The zero-order valence-electron chi connectivity index (χ0n) is 12.2. The Kier molecular flexibility index (Phi) is 4.78. The highest BCUT2D eigenvalue weighted by molar-refractivity contribution is 4.90. The van der Waals surface area contributed by atoms with Gasteiger partial charge in [-0.15, -0.1) is 0 Å². The van der Waals surface area contributed by atoms with Gasteiger partial charge in [-0.25, -0.2) is 0 Å². The molecule has 3 heteroatoms. The van der Waals surface area contributed by atoms with Crippen molar-refractivity contribution in [3.63, 3.8) is 0 Å². The highest BCUT2D eigenvalue weighted by Crippen LogP contribution is 2.32. The molecule has 0 spiro atoms. The molecule has 2 N–H and O–H groups in total. The monoisotopic (exact) mass is 266 g/mol. The van der Waals surface area contributed by atoms with Gasteiger partial charge in [0.2, 0.25) is 0 Å². The van der Waals surface area contributed by atoms with Gasteiger partial charge < -0.3 is 10.4 Å². The lowest BCUT2D eigenvalue weighted by atomic mass is 9.85. The third kappa shape index (κ3) is 3.93. The molecule has 0 aromatic rings. The molecule has 2 unspecified atom stereocenters. The molecule has 19 heavy (non-hydrogen) atoms. The first-order chi connectivity index (χ1) is 9.35. The molecule has 0 amide bonds. The molecule has 3 rings (SSSR count). The van der Waals surface area contributed by atoms with Crippen LogP contribution in [0.4, 0.5) is 0 Å². The van der Waals surface area contributed by atoms with E-state index in [1.807, 2.05) is 0 Å². The number of aliphatic hydroxyl groups is 1. The minimum atomic E-state index is 0.361. The van der Waals surface area contributed by atoms with Gasteiger partial charge in [0.25, 0.3) is 0 Å². The standard InChI is InChI=1S/C16H30N2O/c19-8-2-3-14-9-15(17-10-13-6-7-13)12-18(11-14)16-4-1-5-16/h13-17,19H,1-12H2. The van der Waals surface area contributed by atoms with E-state index < -0.39 is 0 Å². The lowest BCUT2D eigenvalue weighted by Crippen LogP contribution is -2.54. The lowest BCUT2D eigenvalue weighted by Gasteiger charge is -2.45. The van der Waals surface area contributed by atoms with Gasteiger partial charge in [-0.1, -0.05) is 6.42 Å². The number of hydrogen-bond donors (Lipinski definition) is 2. The van der Waals surface area contributed by atoms with E-state index in [9.17, 15) is 0 Å². The highest BCUT2D eigenvalue weighted by Gasteiger charge is 2.34. The summed E-state index contributed by atoms with van der Waals surface area (Å²) in [5.41, 5.74) is 0. The average molecular weight is 266 g/mol. The third-order valence-electron chi connectivity index (χ3n) is 5.32. The number of nitrogens with zero attached hydrogens (tertiary/aromatic N) is 1. The molecule has 2 aliphatic carbocycles. The molecule has 0 aromatic carbocycles. The predicted molar refractivity (Wildman–Crippen MR) is 78.2 cm³/mol. The summed E-state index contributed by atoms with van der Waals surface area (Å²) in [5, 5.41) is 12.9. The first kappa shape index (κ1) is 13.8. The van der Waals surface area contributed by atoms with Crippen molar-refractivity contribution in [3.05, 3.63) is 0 Å². The van der Waals surface area contributed by atoms with Crippen molar-refractivity contribution in [2.45, 2.75) is 63.5 Å². The molecule has 3 fully saturated rings. The second-order valence-electron chi connectivity index (χ2n) is 7.05. The van der Waals surface area contributed by atoms with E-state index in [2.05, 4.69) is 10.2 Å². The average Bonchev–Trinajstić information content (AvgIpc) is 3.16. The normalized spacial score (nSPS) is 33.3. The molecule has 110 valence electrons. The molecule has 1 aliphatic heterocycles. The number of rotatable bonds is 7. The molecular formula is C16H30N2O. The van der Waals surface area contributed by atoms with E-state index in [0.29, 0.717) is 12.6 Å². The van der Waals surface area contributed by atoms with Crippen LogP contribution >= 0.6 is 0 Å². The summed E-state index contributed by atoms with van der Waals surface area (Å²) in [4.78, 5) is 2.75. The second kappa shape index (κ2) is 6.55. The Morgan fingerprint density at radius 3 is 2.53 bits per heavy atom. The van der Waals surface area contributed by atoms with Crippen molar-refractivity contribution < 1.29 is 5.11 Å². The van der Waals surface area contributed by atoms with Crippen molar-refractivity contribution in [2.24, 2.45) is 11.8 Å². The fourth-order valence-electron chi connectivity index (χ4n) is 3.68. The van der Waals surface area contributed by atoms with Gasteiger partial charge >= 0.3 is 0 Å². The molecule has 1 heterocycles. The number of aliphatic hydroxyl groups excluding tert-OH is 1. The Bertz CT molecular complexity index is 276. The van der Waals surface area contributed by atoms with Crippen LogP contribution in [-0.2, 0) is 0 Å². The van der Waals surface area contributed by atoms with E-state index in [1.165, 1.54) is 64.6 Å². The second-order valence-corrected chi connectivity index (χ2v) is 7.05. The summed E-state index contributed by atoms with van der Waals surface area (Å²) in [7, 11) is 0. The molecular weight excluding hydrogens is 236 g/mol. The topological polar surface area (TPSA) is 35.5 Å². The van der Waals surface area contributed by atoms with Gasteiger partial charge in [-0.3, -0.25) is 4.90 Å². The zero-order chi connectivity index (χ0) is 13.1. The van der Waals surface area contributed by atoms with Gasteiger partial charge in [0.1, 0.15) is 0 Å². The SMILES string of the molecule is OCCCC1CC(NCC2CC2)CN(C2CCC2)C1. The molecule has 1 saturated heterocycles. The Hall–Kier alpha value is -0.120. The van der Waals surface area contributed by atoms with Crippen LogP contribution in [-0.4, -0.2) is 48.3 Å². The van der Waals surface area contributed by atoms with Gasteiger partial charge in [-0.05, 0) is 63.3 Å². The van der Waals surface area contributed by atoms with Crippen molar-refractivity contribution in [1.29, 1.82) is 0 Å². The summed E-state index contributed by atoms with van der Waals surface area (Å²) in [6, 6.07) is 1.58. The van der Waals surface area contributed by atoms with E-state index in [1.54, 1.807) is 0 Å². The summed E-state index contributed by atoms with van der Waals surface area (Å²) >= 11 is 0. The van der Waals surface area contributed by atoms with Gasteiger partial charge in [-0.2, -0.15) is 0 Å². The van der Waals surface area contributed by atoms with E-state index in [-0.39, 0.29) is 0 Å². The highest BCUT2D eigenvalue weighted by atomic mass is 16.2. The van der Waals surface area contributed by atoms with Gasteiger partial charge in [0.15, 0.2) is 0 Å². The molecule has 0 aromatic heterocycles. The zero-order valence-corrected chi connectivity index (χ0v) is 12.2. The van der Waals surface area contributed by atoms with Crippen LogP contribution in [0.15, 0.2) is 0 Å². The Morgan fingerprint density at radius 1 is 1.05 bits per heavy atom. The summed E-state index contributed by atoms with van der Waals surface area (Å²) < 4.78 is 0. The van der Waals surface area contributed by atoms with Crippen LogP contribution in [0.2, 0.25) is 0 Å². The van der Waals surface area contributed by atoms with Crippen molar-refractivity contribution in [2.75, 3.05) is 26.2 Å². The van der Waals surface area contributed by atoms with Crippen LogP contribution in [0.3, 0.4) is 0 Å². The quantitative estimate of drug-likeness (QED) is 0.740. The number of likely N-dealkylation sites (tertiary alicyclic amines) is 1. The lowest BCUT2D eigenvalue weighted by molar-refractivity contribution is 0.0540. The van der Waals surface area contributed by atoms with E-state index >= 15 is 0 Å².